The molecule has 1 amide bonds. The Kier molecular flexibility index (Phi) is 4.57. The van der Waals surface area contributed by atoms with E-state index >= 15 is 0 Å². The minimum Gasteiger partial charge on any atom is -0.479 e. The van der Waals surface area contributed by atoms with Gasteiger partial charge in [0.15, 0.2) is 0 Å². The van der Waals surface area contributed by atoms with Crippen molar-refractivity contribution >= 4 is 28.0 Å². The van der Waals surface area contributed by atoms with Crippen LogP contribution < -0.4 is 5.32 Å². The lowest BCUT2D eigenvalue weighted by atomic mass is 9.96. The maximum atomic E-state index is 12.1. The molecule has 1 aliphatic carbocycles. The quantitative estimate of drug-likeness (QED) is 0.840. The molecule has 0 radical (unpaired) electrons. The van der Waals surface area contributed by atoms with Crippen LogP contribution in [0.4, 0.5) is 4.79 Å². The van der Waals surface area contributed by atoms with Crippen molar-refractivity contribution in [1.82, 2.24) is 5.32 Å². The molecule has 0 bridgehead atoms. The van der Waals surface area contributed by atoms with E-state index in [0.717, 1.165) is 21.2 Å². The summed E-state index contributed by atoms with van der Waals surface area (Å²) in [5.41, 5.74) is 1.31. The first-order valence-corrected chi connectivity index (χ1v) is 8.27. The maximum Gasteiger partial charge on any atom is 0.408 e. The third-order valence-corrected chi connectivity index (χ3v) is 4.61. The summed E-state index contributed by atoms with van der Waals surface area (Å²) >= 11 is 3.38. The number of ether oxygens (including phenoxy) is 1. The largest absolute Gasteiger partial charge is 0.479 e. The van der Waals surface area contributed by atoms with Crippen LogP contribution in [0.15, 0.2) is 53.0 Å². The number of nitrogens with one attached hydrogen (secondary N) is 1. The molecule has 1 aliphatic rings. The molecular weight excluding hydrogens is 374 g/mol. The number of hydrogen-bond acceptors (Lipinski definition) is 3. The van der Waals surface area contributed by atoms with Gasteiger partial charge in [0, 0.05) is 17.3 Å². The van der Waals surface area contributed by atoms with Crippen LogP contribution in [0.25, 0.3) is 0 Å². The summed E-state index contributed by atoms with van der Waals surface area (Å²) in [6.07, 6.45) is -0.253. The second-order valence-corrected chi connectivity index (χ2v) is 6.76. The van der Waals surface area contributed by atoms with E-state index in [1.165, 1.54) is 0 Å². The van der Waals surface area contributed by atoms with Crippen LogP contribution in [-0.4, -0.2) is 22.7 Å². The molecule has 3 rings (SSSR count). The lowest BCUT2D eigenvalue weighted by Gasteiger charge is -2.25. The molecule has 0 aliphatic heterocycles. The van der Waals surface area contributed by atoms with E-state index in [1.807, 2.05) is 48.5 Å². The Morgan fingerprint density at radius 2 is 1.83 bits per heavy atom. The van der Waals surface area contributed by atoms with Gasteiger partial charge in [0.05, 0.1) is 0 Å². The van der Waals surface area contributed by atoms with Gasteiger partial charge < -0.3 is 15.2 Å². The van der Waals surface area contributed by atoms with Gasteiger partial charge in [-0.05, 0) is 28.8 Å². The molecule has 0 saturated carbocycles. The maximum absolute atomic E-state index is 12.1. The summed E-state index contributed by atoms with van der Waals surface area (Å²) in [7, 11) is 0. The fourth-order valence-electron chi connectivity index (χ4n) is 2.89. The van der Waals surface area contributed by atoms with Gasteiger partial charge in [-0.15, -0.1) is 0 Å². The second-order valence-electron chi connectivity index (χ2n) is 5.84. The van der Waals surface area contributed by atoms with Crippen LogP contribution >= 0.6 is 15.9 Å². The number of carboxylic acids is 1. The standard InChI is InChI=1S/C18H16BrNO4/c19-15-7-6-13-9-18(16(21)22,10-14(13)8-15)20-17(23)24-11-12-4-2-1-3-5-12/h1-8H,9-11H2,(H,20,23)(H,21,22). The molecule has 1 atom stereocenters. The minimum atomic E-state index is -1.36. The number of amides is 1. The Labute approximate surface area is 147 Å². The Balaban J connectivity index is 1.69. The van der Waals surface area contributed by atoms with Crippen molar-refractivity contribution < 1.29 is 19.4 Å². The number of benzene rings is 2. The summed E-state index contributed by atoms with van der Waals surface area (Å²) in [4.78, 5) is 23.9. The molecule has 2 aromatic rings. The van der Waals surface area contributed by atoms with Gasteiger partial charge >= 0.3 is 12.1 Å². The number of alkyl carbamates (subject to hydrolysis) is 1. The molecule has 124 valence electrons. The third-order valence-electron chi connectivity index (χ3n) is 4.12. The molecule has 0 heterocycles. The molecule has 2 aromatic carbocycles. The van der Waals surface area contributed by atoms with Crippen molar-refractivity contribution in [3.8, 4) is 0 Å². The van der Waals surface area contributed by atoms with Crippen LogP contribution in [0.2, 0.25) is 0 Å². The van der Waals surface area contributed by atoms with Crippen LogP contribution in [0, 0.1) is 0 Å². The summed E-state index contributed by atoms with van der Waals surface area (Å²) in [6.45, 7) is 0.0981. The summed E-state index contributed by atoms with van der Waals surface area (Å²) in [5, 5.41) is 12.2. The Morgan fingerprint density at radius 1 is 1.12 bits per heavy atom. The number of carboxylic acid groups (broad SMARTS) is 1. The highest BCUT2D eigenvalue weighted by molar-refractivity contribution is 9.10. The van der Waals surface area contributed by atoms with Crippen molar-refractivity contribution in [2.75, 3.05) is 0 Å². The highest BCUT2D eigenvalue weighted by Gasteiger charge is 2.45. The zero-order chi connectivity index (χ0) is 17.2. The molecule has 0 saturated heterocycles. The van der Waals surface area contributed by atoms with Gasteiger partial charge in [0.25, 0.3) is 0 Å². The highest BCUT2D eigenvalue weighted by atomic mass is 79.9. The number of carbonyl (C=O) groups excluding carboxylic acids is 1. The predicted molar refractivity (Wildman–Crippen MR) is 91.7 cm³/mol. The SMILES string of the molecule is O=C(NC1(C(=O)O)Cc2ccc(Br)cc2C1)OCc1ccccc1. The molecule has 0 aromatic heterocycles. The fraction of sp³-hybridized carbons (Fsp3) is 0.222. The molecule has 5 nitrogen and oxygen atoms in total. The van der Waals surface area contributed by atoms with Crippen LogP contribution in [0.1, 0.15) is 16.7 Å². The molecule has 2 N–H and O–H groups in total. The number of halogens is 1. The van der Waals surface area contributed by atoms with Gasteiger partial charge in [-0.1, -0.05) is 52.3 Å². The number of rotatable bonds is 4. The topological polar surface area (TPSA) is 75.6 Å². The Morgan fingerprint density at radius 3 is 2.54 bits per heavy atom. The van der Waals surface area contributed by atoms with Gasteiger partial charge in [0.1, 0.15) is 12.1 Å². The monoisotopic (exact) mass is 389 g/mol. The first-order valence-electron chi connectivity index (χ1n) is 7.48. The lowest BCUT2D eigenvalue weighted by Crippen LogP contribution is -2.55. The predicted octanol–water partition coefficient (Wildman–Crippen LogP) is 3.30. The highest BCUT2D eigenvalue weighted by Crippen LogP contribution is 2.32. The molecular formula is C18H16BrNO4. The van der Waals surface area contributed by atoms with E-state index in [2.05, 4.69) is 21.2 Å². The number of carbonyl (C=O) groups is 2. The minimum absolute atomic E-state index is 0.0981. The van der Waals surface area contributed by atoms with Gasteiger partial charge in [-0.2, -0.15) is 0 Å². The van der Waals surface area contributed by atoms with Gasteiger partial charge in [0.2, 0.25) is 0 Å². The van der Waals surface area contributed by atoms with E-state index in [1.54, 1.807) is 0 Å². The number of hydrogen-bond donors (Lipinski definition) is 2. The molecule has 1 unspecified atom stereocenters. The smallest absolute Gasteiger partial charge is 0.408 e. The average molecular weight is 390 g/mol. The Hall–Kier alpha value is -2.34. The van der Waals surface area contributed by atoms with Crippen molar-refractivity contribution in [2.24, 2.45) is 0 Å². The normalized spacial score (nSPS) is 18.7. The first-order chi connectivity index (χ1) is 11.5. The average Bonchev–Trinajstić information content (AvgIpc) is 2.92. The van der Waals surface area contributed by atoms with Crippen molar-refractivity contribution in [2.45, 2.75) is 25.0 Å². The summed E-state index contributed by atoms with van der Waals surface area (Å²) < 4.78 is 6.05. The summed E-state index contributed by atoms with van der Waals surface area (Å²) in [5.74, 6) is -1.06. The fourth-order valence-corrected chi connectivity index (χ4v) is 3.30. The van der Waals surface area contributed by atoms with Crippen LogP contribution in [0.3, 0.4) is 0 Å². The third kappa shape index (κ3) is 3.43. The van der Waals surface area contributed by atoms with E-state index in [9.17, 15) is 14.7 Å². The van der Waals surface area contributed by atoms with Crippen LogP contribution in [-0.2, 0) is 29.0 Å². The van der Waals surface area contributed by atoms with E-state index in [0.29, 0.717) is 0 Å². The number of aliphatic carboxylic acids is 1. The Bertz CT molecular complexity index is 778. The van der Waals surface area contributed by atoms with Crippen LogP contribution in [0.5, 0.6) is 0 Å². The van der Waals surface area contributed by atoms with Crippen molar-refractivity contribution in [3.63, 3.8) is 0 Å². The molecule has 24 heavy (non-hydrogen) atoms. The van der Waals surface area contributed by atoms with E-state index < -0.39 is 17.6 Å². The molecule has 0 fully saturated rings. The molecule has 6 heteroatoms. The van der Waals surface area contributed by atoms with Crippen molar-refractivity contribution in [3.05, 3.63) is 69.7 Å². The van der Waals surface area contributed by atoms with Gasteiger partial charge in [-0.25, -0.2) is 9.59 Å². The zero-order valence-electron chi connectivity index (χ0n) is 12.8. The van der Waals surface area contributed by atoms with Crippen molar-refractivity contribution in [1.29, 1.82) is 0 Å². The van der Waals surface area contributed by atoms with E-state index in [-0.39, 0.29) is 19.4 Å². The molecule has 0 spiro atoms. The lowest BCUT2D eigenvalue weighted by molar-refractivity contribution is -0.144. The second kappa shape index (κ2) is 6.65. The number of fused-ring (bicyclic) bond motifs is 1. The van der Waals surface area contributed by atoms with E-state index in [4.69, 9.17) is 4.74 Å². The first kappa shape index (κ1) is 16.5. The summed E-state index contributed by atoms with van der Waals surface area (Å²) in [6, 6.07) is 14.9. The van der Waals surface area contributed by atoms with Gasteiger partial charge in [-0.3, -0.25) is 0 Å². The zero-order valence-corrected chi connectivity index (χ0v) is 14.4.